The smallest absolute Gasteiger partial charge is 0.225 e. The first-order valence-electron chi connectivity index (χ1n) is 5.89. The van der Waals surface area contributed by atoms with Crippen LogP contribution in [0.25, 0.3) is 11.2 Å². The van der Waals surface area contributed by atoms with E-state index in [0.717, 1.165) is 5.56 Å². The molecule has 0 N–H and O–H groups in total. The maximum absolute atomic E-state index is 5.95. The molecular formula is C13H10Cl2N4O. The first kappa shape index (κ1) is 13.3. The molecule has 0 aliphatic heterocycles. The van der Waals surface area contributed by atoms with Crippen LogP contribution in [-0.2, 0) is 18.1 Å². The molecule has 2 heterocycles. The minimum absolute atomic E-state index is 0.0901. The number of rotatable bonds is 4. The van der Waals surface area contributed by atoms with Crippen LogP contribution in [0, 0.1) is 0 Å². The summed E-state index contributed by atoms with van der Waals surface area (Å²) in [6, 6.07) is 9.91. The second-order valence-electron chi connectivity index (χ2n) is 4.13. The minimum Gasteiger partial charge on any atom is -0.356 e. The standard InChI is InChI=1S/C13H10Cl2N4O/c14-11-10-12(18-13(15)17-11)19(7-16-10)8-20-6-9-4-2-1-3-5-9/h1-5,7H,6,8H2. The molecule has 0 saturated heterocycles. The van der Waals surface area contributed by atoms with Gasteiger partial charge in [0.25, 0.3) is 0 Å². The molecule has 20 heavy (non-hydrogen) atoms. The highest BCUT2D eigenvalue weighted by atomic mass is 35.5. The van der Waals surface area contributed by atoms with Crippen LogP contribution in [0.15, 0.2) is 36.7 Å². The molecule has 0 unspecified atom stereocenters. The third-order valence-corrected chi connectivity index (χ3v) is 3.17. The number of nitrogens with zero attached hydrogens (tertiary/aromatic N) is 4. The lowest BCUT2D eigenvalue weighted by atomic mass is 10.2. The number of hydrogen-bond acceptors (Lipinski definition) is 4. The van der Waals surface area contributed by atoms with Crippen LogP contribution in [0.1, 0.15) is 5.56 Å². The molecule has 0 amide bonds. The van der Waals surface area contributed by atoms with Crippen LogP contribution in [-0.4, -0.2) is 19.5 Å². The number of ether oxygens (including phenoxy) is 1. The molecule has 0 atom stereocenters. The van der Waals surface area contributed by atoms with Crippen LogP contribution in [0.3, 0.4) is 0 Å². The number of imidazole rings is 1. The summed E-state index contributed by atoms with van der Waals surface area (Å²) in [5.41, 5.74) is 2.17. The predicted molar refractivity (Wildman–Crippen MR) is 76.6 cm³/mol. The Morgan fingerprint density at radius 3 is 2.70 bits per heavy atom. The zero-order valence-electron chi connectivity index (χ0n) is 10.3. The lowest BCUT2D eigenvalue weighted by Crippen LogP contribution is -2.03. The van der Waals surface area contributed by atoms with Crippen molar-refractivity contribution in [3.05, 3.63) is 52.7 Å². The van der Waals surface area contributed by atoms with Crippen molar-refractivity contribution in [3.63, 3.8) is 0 Å². The first-order valence-corrected chi connectivity index (χ1v) is 6.65. The Labute approximate surface area is 125 Å². The molecule has 0 aliphatic carbocycles. The van der Waals surface area contributed by atoms with Gasteiger partial charge in [0.05, 0.1) is 12.9 Å². The van der Waals surface area contributed by atoms with Gasteiger partial charge in [0, 0.05) is 0 Å². The minimum atomic E-state index is 0.0901. The van der Waals surface area contributed by atoms with Gasteiger partial charge in [0.15, 0.2) is 10.8 Å². The molecule has 7 heteroatoms. The molecule has 0 spiro atoms. The van der Waals surface area contributed by atoms with Crippen molar-refractivity contribution in [2.45, 2.75) is 13.3 Å². The van der Waals surface area contributed by atoms with Gasteiger partial charge in [-0.15, -0.1) is 0 Å². The highest BCUT2D eigenvalue weighted by molar-refractivity contribution is 6.35. The number of aromatic nitrogens is 4. The molecule has 0 fully saturated rings. The molecule has 1 aromatic carbocycles. The van der Waals surface area contributed by atoms with Crippen LogP contribution in [0.4, 0.5) is 0 Å². The Hall–Kier alpha value is -1.69. The Morgan fingerprint density at radius 1 is 1.10 bits per heavy atom. The maximum Gasteiger partial charge on any atom is 0.225 e. The van der Waals surface area contributed by atoms with E-state index in [1.165, 1.54) is 0 Å². The van der Waals surface area contributed by atoms with Gasteiger partial charge in [-0.25, -0.2) is 9.97 Å². The fraction of sp³-hybridized carbons (Fsp3) is 0.154. The first-order chi connectivity index (χ1) is 9.74. The third kappa shape index (κ3) is 2.75. The van der Waals surface area contributed by atoms with E-state index in [-0.39, 0.29) is 10.4 Å². The van der Waals surface area contributed by atoms with Crippen molar-refractivity contribution >= 4 is 34.4 Å². The van der Waals surface area contributed by atoms with E-state index in [2.05, 4.69) is 15.0 Å². The second kappa shape index (κ2) is 5.75. The van der Waals surface area contributed by atoms with E-state index in [1.54, 1.807) is 10.9 Å². The van der Waals surface area contributed by atoms with E-state index >= 15 is 0 Å². The van der Waals surface area contributed by atoms with Crippen LogP contribution in [0.2, 0.25) is 10.4 Å². The Kier molecular flexibility index (Phi) is 3.82. The molecule has 0 radical (unpaired) electrons. The van der Waals surface area contributed by atoms with Gasteiger partial charge in [-0.05, 0) is 17.2 Å². The van der Waals surface area contributed by atoms with Gasteiger partial charge in [-0.1, -0.05) is 41.9 Å². The lowest BCUT2D eigenvalue weighted by molar-refractivity contribution is 0.0661. The van der Waals surface area contributed by atoms with Crippen molar-refractivity contribution in [2.75, 3.05) is 0 Å². The number of benzene rings is 1. The van der Waals surface area contributed by atoms with Gasteiger partial charge in [0.2, 0.25) is 5.28 Å². The summed E-state index contributed by atoms with van der Waals surface area (Å²) in [6.07, 6.45) is 1.60. The summed E-state index contributed by atoms with van der Waals surface area (Å²) >= 11 is 11.7. The monoisotopic (exact) mass is 308 g/mol. The largest absolute Gasteiger partial charge is 0.356 e. The fourth-order valence-electron chi connectivity index (χ4n) is 1.82. The summed E-state index contributed by atoms with van der Waals surface area (Å²) in [4.78, 5) is 12.1. The fourth-order valence-corrected chi connectivity index (χ4v) is 2.24. The maximum atomic E-state index is 5.95. The zero-order valence-corrected chi connectivity index (χ0v) is 11.8. The molecule has 3 rings (SSSR count). The summed E-state index contributed by atoms with van der Waals surface area (Å²) in [7, 11) is 0. The normalized spacial score (nSPS) is 11.1. The molecule has 5 nitrogen and oxygen atoms in total. The summed E-state index contributed by atoms with van der Waals surface area (Å²) in [5.74, 6) is 0. The SMILES string of the molecule is Clc1nc(Cl)c2ncn(COCc3ccccc3)c2n1. The zero-order chi connectivity index (χ0) is 13.9. The topological polar surface area (TPSA) is 52.8 Å². The number of hydrogen-bond donors (Lipinski definition) is 0. The van der Waals surface area contributed by atoms with E-state index < -0.39 is 0 Å². The molecular weight excluding hydrogens is 299 g/mol. The molecule has 2 aromatic heterocycles. The van der Waals surface area contributed by atoms with E-state index in [0.29, 0.717) is 24.5 Å². The Bertz CT molecular complexity index is 730. The third-order valence-electron chi connectivity index (χ3n) is 2.74. The Balaban J connectivity index is 1.75. The van der Waals surface area contributed by atoms with Crippen molar-refractivity contribution < 1.29 is 4.74 Å². The summed E-state index contributed by atoms with van der Waals surface area (Å²) in [5, 5.41) is 0.328. The summed E-state index contributed by atoms with van der Waals surface area (Å²) < 4.78 is 7.36. The van der Waals surface area contributed by atoms with Gasteiger partial charge in [0.1, 0.15) is 12.2 Å². The van der Waals surface area contributed by atoms with Crippen LogP contribution < -0.4 is 0 Å². The second-order valence-corrected chi connectivity index (χ2v) is 4.83. The average molecular weight is 309 g/mol. The quantitative estimate of drug-likeness (QED) is 0.548. The van der Waals surface area contributed by atoms with Crippen molar-refractivity contribution in [1.82, 2.24) is 19.5 Å². The van der Waals surface area contributed by atoms with Gasteiger partial charge >= 0.3 is 0 Å². The van der Waals surface area contributed by atoms with Crippen molar-refractivity contribution in [1.29, 1.82) is 0 Å². The van der Waals surface area contributed by atoms with Crippen LogP contribution in [0.5, 0.6) is 0 Å². The highest BCUT2D eigenvalue weighted by Gasteiger charge is 2.10. The summed E-state index contributed by atoms with van der Waals surface area (Å²) in [6.45, 7) is 0.822. The van der Waals surface area contributed by atoms with Gasteiger partial charge in [-0.3, -0.25) is 4.57 Å². The van der Waals surface area contributed by atoms with E-state index in [1.807, 2.05) is 30.3 Å². The number of fused-ring (bicyclic) bond motifs is 1. The average Bonchev–Trinajstić information content (AvgIpc) is 2.83. The van der Waals surface area contributed by atoms with Crippen LogP contribution >= 0.6 is 23.2 Å². The van der Waals surface area contributed by atoms with Gasteiger partial charge in [-0.2, -0.15) is 4.98 Å². The highest BCUT2D eigenvalue weighted by Crippen LogP contribution is 2.20. The molecule has 3 aromatic rings. The Morgan fingerprint density at radius 2 is 1.90 bits per heavy atom. The molecule has 0 bridgehead atoms. The van der Waals surface area contributed by atoms with Gasteiger partial charge < -0.3 is 4.74 Å². The van der Waals surface area contributed by atoms with E-state index in [4.69, 9.17) is 27.9 Å². The van der Waals surface area contributed by atoms with Crippen molar-refractivity contribution in [3.8, 4) is 0 Å². The van der Waals surface area contributed by atoms with E-state index in [9.17, 15) is 0 Å². The lowest BCUT2D eigenvalue weighted by Gasteiger charge is -2.06. The molecule has 102 valence electrons. The van der Waals surface area contributed by atoms with Crippen molar-refractivity contribution in [2.24, 2.45) is 0 Å². The number of halogens is 2. The molecule has 0 aliphatic rings. The molecule has 0 saturated carbocycles. The predicted octanol–water partition coefficient (Wildman–Crippen LogP) is 3.31.